The molecule has 3 nitrogen and oxygen atoms in total. The van der Waals surface area contributed by atoms with Gasteiger partial charge in [0.15, 0.2) is 0 Å². The van der Waals surface area contributed by atoms with Crippen molar-refractivity contribution in [2.24, 2.45) is 5.73 Å². The smallest absolute Gasteiger partial charge is 0.0125 e. The van der Waals surface area contributed by atoms with E-state index in [1.54, 1.807) is 0 Å². The van der Waals surface area contributed by atoms with Gasteiger partial charge in [-0.25, -0.2) is 0 Å². The van der Waals surface area contributed by atoms with E-state index in [-0.39, 0.29) is 0 Å². The number of hydrogen-bond acceptors (Lipinski definition) is 3. The zero-order chi connectivity index (χ0) is 11.1. The van der Waals surface area contributed by atoms with Crippen LogP contribution in [0.3, 0.4) is 0 Å². The Morgan fingerprint density at radius 1 is 0.875 bits per heavy atom. The summed E-state index contributed by atoms with van der Waals surface area (Å²) in [5, 5.41) is 0. The molecule has 0 amide bonds. The fourth-order valence-corrected chi connectivity index (χ4v) is 4.14. The van der Waals surface area contributed by atoms with E-state index < -0.39 is 0 Å². The van der Waals surface area contributed by atoms with Crippen molar-refractivity contribution in [3.63, 3.8) is 0 Å². The summed E-state index contributed by atoms with van der Waals surface area (Å²) in [6.07, 6.45) is 8.07. The molecule has 3 rings (SSSR count). The van der Waals surface area contributed by atoms with Crippen molar-refractivity contribution < 1.29 is 0 Å². The molecule has 0 aromatic heterocycles. The highest BCUT2D eigenvalue weighted by molar-refractivity contribution is 5.00. The van der Waals surface area contributed by atoms with Gasteiger partial charge in [-0.1, -0.05) is 0 Å². The second-order valence-corrected chi connectivity index (χ2v) is 6.10. The SMILES string of the molecule is CN1CCC(N2C3CCC2CC(N)C3)CC1. The highest BCUT2D eigenvalue weighted by atomic mass is 15.3. The van der Waals surface area contributed by atoms with Gasteiger partial charge >= 0.3 is 0 Å². The lowest BCUT2D eigenvalue weighted by Gasteiger charge is -2.45. The Morgan fingerprint density at radius 2 is 1.44 bits per heavy atom. The van der Waals surface area contributed by atoms with Crippen LogP contribution in [-0.2, 0) is 0 Å². The van der Waals surface area contributed by atoms with E-state index in [4.69, 9.17) is 5.73 Å². The maximum atomic E-state index is 6.13. The molecule has 0 radical (unpaired) electrons. The monoisotopic (exact) mass is 223 g/mol. The normalized spacial score (nSPS) is 42.8. The van der Waals surface area contributed by atoms with Crippen molar-refractivity contribution >= 4 is 0 Å². The van der Waals surface area contributed by atoms with E-state index in [1.807, 2.05) is 0 Å². The molecule has 0 saturated carbocycles. The van der Waals surface area contributed by atoms with Crippen molar-refractivity contribution in [1.82, 2.24) is 9.80 Å². The first-order valence-electron chi connectivity index (χ1n) is 6.95. The van der Waals surface area contributed by atoms with Crippen molar-refractivity contribution in [3.8, 4) is 0 Å². The van der Waals surface area contributed by atoms with Gasteiger partial charge in [-0.3, -0.25) is 4.90 Å². The number of fused-ring (bicyclic) bond motifs is 2. The third-order valence-corrected chi connectivity index (χ3v) is 4.94. The predicted molar refractivity (Wildman–Crippen MR) is 66.4 cm³/mol. The minimum absolute atomic E-state index is 0.486. The number of nitrogens with zero attached hydrogens (tertiary/aromatic N) is 2. The maximum Gasteiger partial charge on any atom is 0.0125 e. The molecule has 3 fully saturated rings. The minimum Gasteiger partial charge on any atom is -0.328 e. The molecule has 0 aliphatic carbocycles. The van der Waals surface area contributed by atoms with E-state index >= 15 is 0 Å². The predicted octanol–water partition coefficient (Wildman–Crippen LogP) is 1.03. The zero-order valence-electron chi connectivity index (χ0n) is 10.4. The number of nitrogens with two attached hydrogens (primary N) is 1. The molecule has 16 heavy (non-hydrogen) atoms. The third kappa shape index (κ3) is 1.89. The van der Waals surface area contributed by atoms with Crippen LogP contribution >= 0.6 is 0 Å². The quantitative estimate of drug-likeness (QED) is 0.721. The van der Waals surface area contributed by atoms with Gasteiger partial charge in [-0.05, 0) is 58.7 Å². The number of hydrogen-bond donors (Lipinski definition) is 1. The van der Waals surface area contributed by atoms with E-state index in [2.05, 4.69) is 16.8 Å². The summed E-state index contributed by atoms with van der Waals surface area (Å²) >= 11 is 0. The number of piperidine rings is 2. The molecule has 2 unspecified atom stereocenters. The van der Waals surface area contributed by atoms with Crippen LogP contribution in [-0.4, -0.2) is 54.1 Å². The van der Waals surface area contributed by atoms with E-state index in [0.29, 0.717) is 6.04 Å². The van der Waals surface area contributed by atoms with Gasteiger partial charge in [-0.2, -0.15) is 0 Å². The maximum absolute atomic E-state index is 6.13. The Labute approximate surface area is 99.0 Å². The van der Waals surface area contributed by atoms with Gasteiger partial charge in [0, 0.05) is 24.2 Å². The second kappa shape index (κ2) is 4.28. The Bertz CT molecular complexity index is 234. The Hall–Kier alpha value is -0.120. The fourth-order valence-electron chi connectivity index (χ4n) is 4.14. The Kier molecular flexibility index (Phi) is 2.94. The van der Waals surface area contributed by atoms with Gasteiger partial charge in [0.2, 0.25) is 0 Å². The first-order valence-corrected chi connectivity index (χ1v) is 6.95. The minimum atomic E-state index is 0.486. The molecule has 3 aliphatic rings. The van der Waals surface area contributed by atoms with Gasteiger partial charge in [-0.15, -0.1) is 0 Å². The molecule has 0 aromatic rings. The summed E-state index contributed by atoms with van der Waals surface area (Å²) in [4.78, 5) is 5.32. The van der Waals surface area contributed by atoms with Gasteiger partial charge < -0.3 is 10.6 Å². The highest BCUT2D eigenvalue weighted by Gasteiger charge is 2.43. The van der Waals surface area contributed by atoms with Crippen LogP contribution < -0.4 is 5.73 Å². The molecule has 2 N–H and O–H groups in total. The van der Waals surface area contributed by atoms with Gasteiger partial charge in [0.1, 0.15) is 0 Å². The molecule has 0 aromatic carbocycles. The van der Waals surface area contributed by atoms with E-state index in [1.165, 1.54) is 51.6 Å². The van der Waals surface area contributed by atoms with Crippen LogP contribution in [0.2, 0.25) is 0 Å². The van der Waals surface area contributed by atoms with Crippen molar-refractivity contribution in [2.45, 2.75) is 62.7 Å². The Morgan fingerprint density at radius 3 is 2.00 bits per heavy atom. The second-order valence-electron chi connectivity index (χ2n) is 6.10. The summed E-state index contributed by atoms with van der Waals surface area (Å²) in [6.45, 7) is 2.57. The largest absolute Gasteiger partial charge is 0.328 e. The summed E-state index contributed by atoms with van der Waals surface area (Å²) in [7, 11) is 2.25. The van der Waals surface area contributed by atoms with Gasteiger partial charge in [0.25, 0.3) is 0 Å². The zero-order valence-corrected chi connectivity index (χ0v) is 10.4. The molecular weight excluding hydrogens is 198 g/mol. The van der Waals surface area contributed by atoms with E-state index in [0.717, 1.165) is 18.1 Å². The van der Waals surface area contributed by atoms with Crippen molar-refractivity contribution in [3.05, 3.63) is 0 Å². The first-order chi connectivity index (χ1) is 7.74. The van der Waals surface area contributed by atoms with Crippen LogP contribution in [0.5, 0.6) is 0 Å². The molecule has 3 aliphatic heterocycles. The van der Waals surface area contributed by atoms with Crippen LogP contribution in [0.1, 0.15) is 38.5 Å². The molecule has 3 saturated heterocycles. The number of rotatable bonds is 1. The number of likely N-dealkylation sites (tertiary alicyclic amines) is 1. The van der Waals surface area contributed by atoms with Crippen molar-refractivity contribution in [1.29, 1.82) is 0 Å². The average molecular weight is 223 g/mol. The first kappa shape index (κ1) is 11.0. The Balaban J connectivity index is 1.67. The van der Waals surface area contributed by atoms with E-state index in [9.17, 15) is 0 Å². The average Bonchev–Trinajstić information content (AvgIpc) is 2.54. The lowest BCUT2D eigenvalue weighted by Crippen LogP contribution is -2.54. The summed E-state index contributed by atoms with van der Waals surface area (Å²) in [5.74, 6) is 0. The lowest BCUT2D eigenvalue weighted by atomic mass is 9.93. The molecule has 0 spiro atoms. The summed E-state index contributed by atoms with van der Waals surface area (Å²) in [5.41, 5.74) is 6.13. The molecule has 2 bridgehead atoms. The summed E-state index contributed by atoms with van der Waals surface area (Å²) in [6, 6.07) is 2.99. The molecule has 3 heteroatoms. The van der Waals surface area contributed by atoms with Gasteiger partial charge in [0.05, 0.1) is 0 Å². The highest BCUT2D eigenvalue weighted by Crippen LogP contribution is 2.38. The fraction of sp³-hybridized carbons (Fsp3) is 1.00. The van der Waals surface area contributed by atoms with Crippen LogP contribution in [0.15, 0.2) is 0 Å². The standard InChI is InChI=1S/C13H25N3/c1-15-6-4-11(5-7-15)16-12-2-3-13(16)9-10(14)8-12/h10-13H,2-9,14H2,1H3. The summed E-state index contributed by atoms with van der Waals surface area (Å²) < 4.78 is 0. The lowest BCUT2D eigenvalue weighted by molar-refractivity contribution is 0.0435. The topological polar surface area (TPSA) is 32.5 Å². The third-order valence-electron chi connectivity index (χ3n) is 4.94. The molecule has 92 valence electrons. The van der Waals surface area contributed by atoms with Crippen LogP contribution in [0.4, 0.5) is 0 Å². The van der Waals surface area contributed by atoms with Crippen LogP contribution in [0.25, 0.3) is 0 Å². The molecule has 2 atom stereocenters. The molecule has 3 heterocycles. The van der Waals surface area contributed by atoms with Crippen molar-refractivity contribution in [2.75, 3.05) is 20.1 Å². The van der Waals surface area contributed by atoms with Crippen LogP contribution in [0, 0.1) is 0 Å². The molecular formula is C13H25N3.